The highest BCUT2D eigenvalue weighted by atomic mass is 19.1. The summed E-state index contributed by atoms with van der Waals surface area (Å²) < 4.78 is 13.0. The van der Waals surface area contributed by atoms with Crippen molar-refractivity contribution in [3.63, 3.8) is 0 Å². The molecule has 0 fully saturated rings. The fourth-order valence-electron chi connectivity index (χ4n) is 1.63. The van der Waals surface area contributed by atoms with Gasteiger partial charge in [-0.2, -0.15) is 0 Å². The topological polar surface area (TPSA) is 68.0 Å². The molecule has 0 aliphatic heterocycles. The third kappa shape index (κ3) is 3.78. The van der Waals surface area contributed by atoms with Crippen LogP contribution in [0, 0.1) is 11.7 Å². The van der Waals surface area contributed by atoms with Gasteiger partial charge in [0.15, 0.2) is 0 Å². The number of aromatic nitrogens is 1. The van der Waals surface area contributed by atoms with Gasteiger partial charge >= 0.3 is 0 Å². The second-order valence-electron chi connectivity index (χ2n) is 4.45. The molecule has 1 rings (SSSR count). The molecule has 5 heteroatoms. The summed E-state index contributed by atoms with van der Waals surface area (Å²) in [5.41, 5.74) is 5.99. The number of halogens is 1. The van der Waals surface area contributed by atoms with E-state index in [9.17, 15) is 9.18 Å². The third-order valence-corrected chi connectivity index (χ3v) is 2.63. The SMILES string of the molecule is CC(NC(C(N)=O)C(C)C)c1cncc(F)c1. The summed E-state index contributed by atoms with van der Waals surface area (Å²) in [6.45, 7) is 5.65. The second-order valence-corrected chi connectivity index (χ2v) is 4.45. The van der Waals surface area contributed by atoms with Crippen molar-refractivity contribution in [3.8, 4) is 0 Å². The summed E-state index contributed by atoms with van der Waals surface area (Å²) in [4.78, 5) is 15.0. The van der Waals surface area contributed by atoms with Crippen LogP contribution in [-0.2, 0) is 4.79 Å². The van der Waals surface area contributed by atoms with E-state index in [0.717, 1.165) is 6.20 Å². The highest BCUT2D eigenvalue weighted by Gasteiger charge is 2.21. The molecule has 2 atom stereocenters. The average Bonchev–Trinajstić information content (AvgIpc) is 2.24. The molecule has 4 nitrogen and oxygen atoms in total. The van der Waals surface area contributed by atoms with Gasteiger partial charge in [0.2, 0.25) is 5.91 Å². The summed E-state index contributed by atoms with van der Waals surface area (Å²) >= 11 is 0. The van der Waals surface area contributed by atoms with E-state index in [1.807, 2.05) is 20.8 Å². The lowest BCUT2D eigenvalue weighted by atomic mass is 10.0. The van der Waals surface area contributed by atoms with Crippen molar-refractivity contribution in [2.45, 2.75) is 32.9 Å². The molecular weight excluding hydrogens is 221 g/mol. The second kappa shape index (κ2) is 5.72. The van der Waals surface area contributed by atoms with E-state index < -0.39 is 17.8 Å². The Kier molecular flexibility index (Phi) is 4.57. The Labute approximate surface area is 100 Å². The maximum atomic E-state index is 13.0. The molecule has 94 valence electrons. The molecule has 2 unspecified atom stereocenters. The van der Waals surface area contributed by atoms with Crippen LogP contribution in [0.5, 0.6) is 0 Å². The summed E-state index contributed by atoms with van der Waals surface area (Å²) in [6.07, 6.45) is 2.71. The third-order valence-electron chi connectivity index (χ3n) is 2.63. The zero-order valence-corrected chi connectivity index (χ0v) is 10.3. The molecule has 0 saturated heterocycles. The summed E-state index contributed by atoms with van der Waals surface area (Å²) in [5, 5.41) is 3.08. The molecule has 0 radical (unpaired) electrons. The van der Waals surface area contributed by atoms with Gasteiger partial charge < -0.3 is 5.73 Å². The van der Waals surface area contributed by atoms with E-state index in [1.54, 1.807) is 6.20 Å². The first-order chi connectivity index (χ1) is 7.91. The van der Waals surface area contributed by atoms with E-state index in [4.69, 9.17) is 5.73 Å². The van der Waals surface area contributed by atoms with Crippen LogP contribution in [0.3, 0.4) is 0 Å². The predicted molar refractivity (Wildman–Crippen MR) is 63.6 cm³/mol. The van der Waals surface area contributed by atoms with Crippen molar-refractivity contribution in [2.75, 3.05) is 0 Å². The minimum atomic E-state index is -0.437. The molecule has 0 aliphatic rings. The van der Waals surface area contributed by atoms with E-state index >= 15 is 0 Å². The van der Waals surface area contributed by atoms with Crippen LogP contribution in [0.1, 0.15) is 32.4 Å². The van der Waals surface area contributed by atoms with Crippen LogP contribution < -0.4 is 11.1 Å². The van der Waals surface area contributed by atoms with Gasteiger partial charge in [-0.05, 0) is 24.5 Å². The number of rotatable bonds is 5. The highest BCUT2D eigenvalue weighted by molar-refractivity contribution is 5.80. The first-order valence-electron chi connectivity index (χ1n) is 5.57. The number of nitrogens with one attached hydrogen (secondary N) is 1. The average molecular weight is 239 g/mol. The maximum Gasteiger partial charge on any atom is 0.234 e. The van der Waals surface area contributed by atoms with Crippen molar-refractivity contribution < 1.29 is 9.18 Å². The standard InChI is InChI=1S/C12H18FN3O/c1-7(2)11(12(14)17)16-8(3)9-4-10(13)6-15-5-9/h4-8,11,16H,1-3H3,(H2,14,17). The van der Waals surface area contributed by atoms with E-state index in [1.165, 1.54) is 6.07 Å². The lowest BCUT2D eigenvalue weighted by Gasteiger charge is -2.23. The molecule has 17 heavy (non-hydrogen) atoms. The van der Waals surface area contributed by atoms with Gasteiger partial charge in [0.05, 0.1) is 12.2 Å². The van der Waals surface area contributed by atoms with Crippen molar-refractivity contribution in [3.05, 3.63) is 29.8 Å². The van der Waals surface area contributed by atoms with Crippen LogP contribution in [0.4, 0.5) is 4.39 Å². The highest BCUT2D eigenvalue weighted by Crippen LogP contribution is 2.14. The number of primary amides is 1. The Morgan fingerprint density at radius 1 is 1.41 bits per heavy atom. The molecule has 0 spiro atoms. The molecule has 1 aromatic rings. The van der Waals surface area contributed by atoms with Gasteiger partial charge in [0, 0.05) is 12.2 Å². The van der Waals surface area contributed by atoms with E-state index in [-0.39, 0.29) is 12.0 Å². The fraction of sp³-hybridized carbons (Fsp3) is 0.500. The van der Waals surface area contributed by atoms with Crippen molar-refractivity contribution in [1.29, 1.82) is 0 Å². The number of nitrogens with zero attached hydrogens (tertiary/aromatic N) is 1. The van der Waals surface area contributed by atoms with Crippen molar-refractivity contribution in [2.24, 2.45) is 11.7 Å². The van der Waals surface area contributed by atoms with Crippen molar-refractivity contribution in [1.82, 2.24) is 10.3 Å². The Hall–Kier alpha value is -1.49. The summed E-state index contributed by atoms with van der Waals surface area (Å²) in [5.74, 6) is -0.719. The number of amides is 1. The molecule has 0 aliphatic carbocycles. The molecule has 0 aromatic carbocycles. The Morgan fingerprint density at radius 2 is 2.06 bits per heavy atom. The Bertz CT molecular complexity index is 395. The van der Waals surface area contributed by atoms with Crippen LogP contribution in [0.2, 0.25) is 0 Å². The smallest absolute Gasteiger partial charge is 0.234 e. The lowest BCUT2D eigenvalue weighted by Crippen LogP contribution is -2.45. The normalized spacial score (nSPS) is 14.6. The van der Waals surface area contributed by atoms with Gasteiger partial charge in [0.1, 0.15) is 5.82 Å². The fourth-order valence-corrected chi connectivity index (χ4v) is 1.63. The Morgan fingerprint density at radius 3 is 2.53 bits per heavy atom. The monoisotopic (exact) mass is 239 g/mol. The zero-order chi connectivity index (χ0) is 13.0. The minimum Gasteiger partial charge on any atom is -0.368 e. The van der Waals surface area contributed by atoms with Gasteiger partial charge in [-0.1, -0.05) is 13.8 Å². The number of nitrogens with two attached hydrogens (primary N) is 1. The molecule has 0 saturated carbocycles. The first kappa shape index (κ1) is 13.6. The molecule has 3 N–H and O–H groups in total. The number of hydrogen-bond donors (Lipinski definition) is 2. The zero-order valence-electron chi connectivity index (χ0n) is 10.3. The van der Waals surface area contributed by atoms with Gasteiger partial charge in [-0.3, -0.25) is 15.1 Å². The van der Waals surface area contributed by atoms with Crippen molar-refractivity contribution >= 4 is 5.91 Å². The number of carbonyl (C=O) groups is 1. The molecule has 1 heterocycles. The largest absolute Gasteiger partial charge is 0.368 e. The van der Waals surface area contributed by atoms with Crippen LogP contribution in [0.15, 0.2) is 18.5 Å². The number of pyridine rings is 1. The summed E-state index contributed by atoms with van der Waals surface area (Å²) in [6, 6.07) is 0.773. The number of hydrogen-bond acceptors (Lipinski definition) is 3. The number of carbonyl (C=O) groups excluding carboxylic acids is 1. The van der Waals surface area contributed by atoms with Gasteiger partial charge in [-0.15, -0.1) is 0 Å². The molecule has 1 amide bonds. The first-order valence-corrected chi connectivity index (χ1v) is 5.57. The molecular formula is C12H18FN3O. The Balaban J connectivity index is 2.77. The summed E-state index contributed by atoms with van der Waals surface area (Å²) in [7, 11) is 0. The molecule has 1 aromatic heterocycles. The van der Waals surface area contributed by atoms with Crippen LogP contribution in [0.25, 0.3) is 0 Å². The minimum absolute atomic E-state index is 0.0801. The van der Waals surface area contributed by atoms with Gasteiger partial charge in [0.25, 0.3) is 0 Å². The lowest BCUT2D eigenvalue weighted by molar-refractivity contribution is -0.121. The van der Waals surface area contributed by atoms with Crippen LogP contribution >= 0.6 is 0 Å². The maximum absolute atomic E-state index is 13.0. The quantitative estimate of drug-likeness (QED) is 0.815. The molecule has 0 bridgehead atoms. The predicted octanol–water partition coefficient (Wildman–Crippen LogP) is 1.38. The van der Waals surface area contributed by atoms with E-state index in [0.29, 0.717) is 5.56 Å². The van der Waals surface area contributed by atoms with E-state index in [2.05, 4.69) is 10.3 Å². The van der Waals surface area contributed by atoms with Gasteiger partial charge in [-0.25, -0.2) is 4.39 Å². The van der Waals surface area contributed by atoms with Crippen LogP contribution in [-0.4, -0.2) is 16.9 Å².